The van der Waals surface area contributed by atoms with E-state index in [1.54, 1.807) is 48.5 Å². The maximum atomic E-state index is 13.4. The summed E-state index contributed by atoms with van der Waals surface area (Å²) < 4.78 is 18.7. The normalized spacial score (nSPS) is 10.5. The second-order valence-electron chi connectivity index (χ2n) is 6.90. The molecule has 0 aliphatic heterocycles. The summed E-state index contributed by atoms with van der Waals surface area (Å²) in [6, 6.07) is 19.3. The van der Waals surface area contributed by atoms with Crippen molar-refractivity contribution >= 4 is 23.2 Å². The van der Waals surface area contributed by atoms with E-state index in [0.29, 0.717) is 22.7 Å². The van der Waals surface area contributed by atoms with Gasteiger partial charge in [-0.25, -0.2) is 4.39 Å². The number of halogens is 1. The number of hydrogen-bond donors (Lipinski definition) is 2. The average Bonchev–Trinajstić information content (AvgIpc) is 3.27. The molecule has 9 nitrogen and oxygen atoms in total. The number of nitrogens with one attached hydrogen (secondary N) is 2. The van der Waals surface area contributed by atoms with E-state index in [1.165, 1.54) is 25.3 Å². The van der Waals surface area contributed by atoms with Gasteiger partial charge in [0.25, 0.3) is 5.91 Å². The maximum Gasteiger partial charge on any atom is 0.255 e. The highest BCUT2D eigenvalue weighted by Crippen LogP contribution is 2.25. The zero-order valence-corrected chi connectivity index (χ0v) is 17.5. The number of carbonyl (C=O) groups is 2. The molecule has 0 saturated heterocycles. The van der Waals surface area contributed by atoms with E-state index in [1.807, 2.05) is 0 Å². The lowest BCUT2D eigenvalue weighted by Crippen LogP contribution is -2.20. The Morgan fingerprint density at radius 1 is 0.970 bits per heavy atom. The lowest BCUT2D eigenvalue weighted by molar-refractivity contribution is -0.117. The van der Waals surface area contributed by atoms with Gasteiger partial charge in [-0.05, 0) is 47.7 Å². The van der Waals surface area contributed by atoms with E-state index in [4.69, 9.17) is 4.74 Å². The van der Waals surface area contributed by atoms with Crippen molar-refractivity contribution in [2.75, 3.05) is 17.7 Å². The van der Waals surface area contributed by atoms with Crippen LogP contribution in [0.4, 0.5) is 15.8 Å². The highest BCUT2D eigenvalue weighted by Gasteiger charge is 2.16. The van der Waals surface area contributed by atoms with Gasteiger partial charge in [-0.1, -0.05) is 30.3 Å². The van der Waals surface area contributed by atoms with Gasteiger partial charge in [-0.15, -0.1) is 10.2 Å². The fourth-order valence-corrected chi connectivity index (χ4v) is 3.10. The van der Waals surface area contributed by atoms with Crippen LogP contribution < -0.4 is 15.4 Å². The number of amides is 2. The molecule has 0 aliphatic carbocycles. The van der Waals surface area contributed by atoms with Crippen molar-refractivity contribution in [3.05, 3.63) is 84.2 Å². The summed E-state index contributed by atoms with van der Waals surface area (Å²) in [6.45, 7) is -0.178. The third kappa shape index (κ3) is 5.18. The van der Waals surface area contributed by atoms with Gasteiger partial charge in [0.15, 0.2) is 0 Å². The molecule has 33 heavy (non-hydrogen) atoms. The number of rotatable bonds is 7. The molecule has 0 fully saturated rings. The van der Waals surface area contributed by atoms with Gasteiger partial charge in [0.2, 0.25) is 11.7 Å². The molecule has 0 atom stereocenters. The lowest BCUT2D eigenvalue weighted by Gasteiger charge is -2.09. The van der Waals surface area contributed by atoms with Gasteiger partial charge in [-0.3, -0.25) is 9.59 Å². The van der Waals surface area contributed by atoms with E-state index in [2.05, 4.69) is 26.0 Å². The van der Waals surface area contributed by atoms with Crippen LogP contribution in [-0.2, 0) is 11.3 Å². The number of aromatic nitrogens is 4. The molecule has 1 heterocycles. The second kappa shape index (κ2) is 9.69. The summed E-state index contributed by atoms with van der Waals surface area (Å²) in [7, 11) is 1.51. The number of para-hydroxylation sites is 3. The lowest BCUT2D eigenvalue weighted by atomic mass is 10.1. The van der Waals surface area contributed by atoms with E-state index in [-0.39, 0.29) is 23.8 Å². The molecule has 4 aromatic rings. The fourth-order valence-electron chi connectivity index (χ4n) is 3.10. The van der Waals surface area contributed by atoms with Gasteiger partial charge < -0.3 is 15.4 Å². The summed E-state index contributed by atoms with van der Waals surface area (Å²) in [5.41, 5.74) is 1.62. The average molecular weight is 446 g/mol. The first-order valence-corrected chi connectivity index (χ1v) is 9.90. The molecule has 0 spiro atoms. The van der Waals surface area contributed by atoms with Crippen LogP contribution in [0.25, 0.3) is 11.4 Å². The molecule has 2 N–H and O–H groups in total. The summed E-state index contributed by atoms with van der Waals surface area (Å²) >= 11 is 0. The Kier molecular flexibility index (Phi) is 6.35. The van der Waals surface area contributed by atoms with Crippen LogP contribution >= 0.6 is 0 Å². The predicted octanol–water partition coefficient (Wildman–Crippen LogP) is 3.38. The Morgan fingerprint density at radius 2 is 1.73 bits per heavy atom. The van der Waals surface area contributed by atoms with Gasteiger partial charge in [0.05, 0.1) is 18.5 Å². The van der Waals surface area contributed by atoms with Gasteiger partial charge in [0, 0.05) is 11.1 Å². The van der Waals surface area contributed by atoms with Gasteiger partial charge >= 0.3 is 0 Å². The number of carbonyl (C=O) groups excluding carboxylic acids is 2. The van der Waals surface area contributed by atoms with E-state index in [9.17, 15) is 14.0 Å². The molecule has 166 valence electrons. The van der Waals surface area contributed by atoms with Crippen LogP contribution in [-0.4, -0.2) is 39.1 Å². The van der Waals surface area contributed by atoms with Crippen LogP contribution in [0.5, 0.6) is 5.75 Å². The minimum absolute atomic E-state index is 0.175. The second-order valence-corrected chi connectivity index (χ2v) is 6.90. The number of nitrogens with zero attached hydrogens (tertiary/aromatic N) is 4. The number of benzene rings is 3. The number of hydrogen-bond acceptors (Lipinski definition) is 6. The van der Waals surface area contributed by atoms with E-state index in [0.717, 1.165) is 10.9 Å². The van der Waals surface area contributed by atoms with Crippen LogP contribution in [0, 0.1) is 5.82 Å². The van der Waals surface area contributed by atoms with Crippen molar-refractivity contribution in [2.45, 2.75) is 6.54 Å². The maximum absolute atomic E-state index is 13.4. The predicted molar refractivity (Wildman–Crippen MR) is 119 cm³/mol. The fraction of sp³-hybridized carbons (Fsp3) is 0.0870. The molecule has 2 amide bonds. The van der Waals surface area contributed by atoms with E-state index >= 15 is 0 Å². The molecular formula is C23H19FN6O3. The molecule has 1 aromatic heterocycles. The summed E-state index contributed by atoms with van der Waals surface area (Å²) in [4.78, 5) is 26.1. The Balaban J connectivity index is 1.48. The van der Waals surface area contributed by atoms with Crippen molar-refractivity contribution in [1.29, 1.82) is 0 Å². The summed E-state index contributed by atoms with van der Waals surface area (Å²) in [5.74, 6) is -0.607. The minimum Gasteiger partial charge on any atom is -0.495 e. The van der Waals surface area contributed by atoms with Crippen LogP contribution in [0.3, 0.4) is 0 Å². The molecule has 0 unspecified atom stereocenters. The SMILES string of the molecule is COc1ccccc1NC(=O)Cn1nnc(-c2ccccc2NC(=O)c2cccc(F)c2)n1. The van der Waals surface area contributed by atoms with Gasteiger partial charge in [0.1, 0.15) is 18.1 Å². The summed E-state index contributed by atoms with van der Waals surface area (Å²) in [6.07, 6.45) is 0. The summed E-state index contributed by atoms with van der Waals surface area (Å²) in [5, 5.41) is 17.7. The number of tetrazole rings is 1. The molecule has 0 saturated carbocycles. The van der Waals surface area contributed by atoms with Crippen molar-refractivity contribution in [3.8, 4) is 17.1 Å². The highest BCUT2D eigenvalue weighted by atomic mass is 19.1. The number of methoxy groups -OCH3 is 1. The van der Waals surface area contributed by atoms with Crippen LogP contribution in [0.1, 0.15) is 10.4 Å². The molecule has 0 bridgehead atoms. The van der Waals surface area contributed by atoms with Crippen molar-refractivity contribution in [1.82, 2.24) is 20.2 Å². The largest absolute Gasteiger partial charge is 0.495 e. The first-order chi connectivity index (χ1) is 16.0. The standard InChI is InChI=1S/C23H19FN6O3/c1-33-20-12-5-4-11-19(20)25-21(31)14-30-28-22(27-29-30)17-9-2-3-10-18(17)26-23(32)15-7-6-8-16(24)13-15/h2-13H,14H2,1H3,(H,25,31)(H,26,32). The Bertz CT molecular complexity index is 1310. The first-order valence-electron chi connectivity index (χ1n) is 9.90. The molecular weight excluding hydrogens is 427 g/mol. The van der Waals surface area contributed by atoms with Crippen LogP contribution in [0.2, 0.25) is 0 Å². The van der Waals surface area contributed by atoms with Crippen molar-refractivity contribution in [3.63, 3.8) is 0 Å². The van der Waals surface area contributed by atoms with Gasteiger partial charge in [-0.2, -0.15) is 4.80 Å². The number of ether oxygens (including phenoxy) is 1. The quantitative estimate of drug-likeness (QED) is 0.450. The zero-order valence-electron chi connectivity index (χ0n) is 17.5. The highest BCUT2D eigenvalue weighted by molar-refractivity contribution is 6.06. The molecule has 10 heteroatoms. The Labute approximate surface area is 188 Å². The van der Waals surface area contributed by atoms with E-state index < -0.39 is 11.7 Å². The van der Waals surface area contributed by atoms with Crippen molar-refractivity contribution < 1.29 is 18.7 Å². The zero-order chi connectivity index (χ0) is 23.2. The Hall–Kier alpha value is -4.60. The molecule has 3 aromatic carbocycles. The third-order valence-electron chi connectivity index (χ3n) is 4.62. The van der Waals surface area contributed by atoms with Crippen molar-refractivity contribution in [2.24, 2.45) is 0 Å². The number of anilines is 2. The minimum atomic E-state index is -0.507. The first kappa shape index (κ1) is 21.6. The monoisotopic (exact) mass is 446 g/mol. The smallest absolute Gasteiger partial charge is 0.255 e. The molecule has 4 rings (SSSR count). The third-order valence-corrected chi connectivity index (χ3v) is 4.62. The Morgan fingerprint density at radius 3 is 2.52 bits per heavy atom. The molecule has 0 radical (unpaired) electrons. The topological polar surface area (TPSA) is 111 Å². The van der Waals surface area contributed by atoms with Crippen LogP contribution in [0.15, 0.2) is 72.8 Å². The molecule has 0 aliphatic rings.